The molecule has 3 aliphatic heterocycles. The van der Waals surface area contributed by atoms with Gasteiger partial charge in [-0.1, -0.05) is 18.5 Å². The van der Waals surface area contributed by atoms with Gasteiger partial charge in [-0.05, 0) is 67.1 Å². The van der Waals surface area contributed by atoms with Gasteiger partial charge in [0.15, 0.2) is 5.82 Å². The highest BCUT2D eigenvalue weighted by molar-refractivity contribution is 6.32. The first-order chi connectivity index (χ1) is 22.1. The van der Waals surface area contributed by atoms with E-state index in [1.54, 1.807) is 18.1 Å². The Hall–Kier alpha value is -4.71. The number of rotatable bonds is 6. The fourth-order valence-electron chi connectivity index (χ4n) is 6.75. The lowest BCUT2D eigenvalue weighted by Crippen LogP contribution is -2.39. The number of aryl methyl sites for hydroxylation is 1. The van der Waals surface area contributed by atoms with Crippen LogP contribution < -0.4 is 25.8 Å². The van der Waals surface area contributed by atoms with Crippen molar-refractivity contribution in [2.24, 2.45) is 13.0 Å². The third-order valence-corrected chi connectivity index (χ3v) is 9.76. The van der Waals surface area contributed by atoms with E-state index in [1.807, 2.05) is 42.1 Å². The minimum Gasteiger partial charge on any atom is -0.382 e. The van der Waals surface area contributed by atoms with Crippen LogP contribution in [-0.4, -0.2) is 63.6 Å². The number of amides is 3. The average Bonchev–Trinajstić information content (AvgIpc) is 3.43. The summed E-state index contributed by atoms with van der Waals surface area (Å²) in [5.74, 6) is 0.673. The molecule has 3 N–H and O–H groups in total. The van der Waals surface area contributed by atoms with Crippen molar-refractivity contribution in [2.45, 2.75) is 51.0 Å². The largest absolute Gasteiger partial charge is 0.382 e. The van der Waals surface area contributed by atoms with Crippen LogP contribution in [-0.2, 0) is 27.9 Å². The van der Waals surface area contributed by atoms with E-state index in [9.17, 15) is 14.4 Å². The molecule has 0 spiro atoms. The molecule has 3 aliphatic rings. The summed E-state index contributed by atoms with van der Waals surface area (Å²) in [5.41, 5.74) is 5.35. The Morgan fingerprint density at radius 2 is 1.80 bits per heavy atom. The molecule has 4 aromatic rings. The van der Waals surface area contributed by atoms with Crippen molar-refractivity contribution in [3.8, 4) is 0 Å². The lowest BCUT2D eigenvalue weighted by Gasteiger charge is -2.24. The molecule has 0 aliphatic carbocycles. The zero-order valence-corrected chi connectivity index (χ0v) is 26.8. The van der Waals surface area contributed by atoms with Gasteiger partial charge in [0.25, 0.3) is 0 Å². The van der Waals surface area contributed by atoms with Crippen LogP contribution in [0.2, 0.25) is 5.02 Å². The number of piperidine rings is 1. The predicted molar refractivity (Wildman–Crippen MR) is 178 cm³/mol. The summed E-state index contributed by atoms with van der Waals surface area (Å²) in [6.07, 6.45) is 4.63. The van der Waals surface area contributed by atoms with Gasteiger partial charge in [-0.25, -0.2) is 4.98 Å². The van der Waals surface area contributed by atoms with E-state index in [-0.39, 0.29) is 23.8 Å². The Morgan fingerprint density at radius 1 is 1.00 bits per heavy atom. The van der Waals surface area contributed by atoms with E-state index in [2.05, 4.69) is 43.9 Å². The van der Waals surface area contributed by atoms with Crippen LogP contribution in [0.15, 0.2) is 42.6 Å². The smallest absolute Gasteiger partial charge is 0.235 e. The molecule has 2 aromatic carbocycles. The standard InChI is InChI=1S/C33H36ClN9O3/c1-18-10-12-43(33-35-17-24(34)31(39-33)37-20-5-8-26-19(14-20)15-29(45)41(26)2)13-11-25(18)36-21-4-6-22-27(16-21)42(3)40-30(22)23-7-9-28(44)38-32(23)46/h4-6,8,14,16-18,23,25,36H,7,9-13,15H2,1-3H3,(H,35,37,39)(H,38,44,46). The van der Waals surface area contributed by atoms with E-state index in [0.717, 1.165) is 59.5 Å². The Morgan fingerprint density at radius 3 is 2.63 bits per heavy atom. The lowest BCUT2D eigenvalue weighted by atomic mass is 9.92. The molecule has 238 valence electrons. The number of benzene rings is 2. The fourth-order valence-corrected chi connectivity index (χ4v) is 6.89. The van der Waals surface area contributed by atoms with Gasteiger partial charge < -0.3 is 20.4 Å². The molecule has 2 aromatic heterocycles. The molecule has 12 nitrogen and oxygen atoms in total. The van der Waals surface area contributed by atoms with Crippen molar-refractivity contribution in [1.29, 1.82) is 0 Å². The first-order valence-corrected chi connectivity index (χ1v) is 16.0. The van der Waals surface area contributed by atoms with Crippen molar-refractivity contribution in [3.05, 3.63) is 58.9 Å². The number of nitrogens with zero attached hydrogens (tertiary/aromatic N) is 6. The number of aromatic nitrogens is 4. The normalized spacial score (nSPS) is 21.7. The zero-order chi connectivity index (χ0) is 32.1. The third kappa shape index (κ3) is 5.61. The van der Waals surface area contributed by atoms with Crippen LogP contribution in [0, 0.1) is 5.92 Å². The maximum Gasteiger partial charge on any atom is 0.235 e. The lowest BCUT2D eigenvalue weighted by molar-refractivity contribution is -0.134. The number of fused-ring (bicyclic) bond motifs is 2. The minimum absolute atomic E-state index is 0.0779. The minimum atomic E-state index is -0.431. The summed E-state index contributed by atoms with van der Waals surface area (Å²) in [6, 6.07) is 12.2. The van der Waals surface area contributed by atoms with Gasteiger partial charge in [0.05, 0.1) is 29.7 Å². The van der Waals surface area contributed by atoms with Gasteiger partial charge in [-0.2, -0.15) is 10.1 Å². The van der Waals surface area contributed by atoms with Crippen LogP contribution in [0.1, 0.15) is 49.8 Å². The number of anilines is 5. The molecule has 46 heavy (non-hydrogen) atoms. The van der Waals surface area contributed by atoms with Gasteiger partial charge in [0.1, 0.15) is 5.02 Å². The van der Waals surface area contributed by atoms with Gasteiger partial charge in [0.2, 0.25) is 23.7 Å². The van der Waals surface area contributed by atoms with Crippen LogP contribution in [0.5, 0.6) is 0 Å². The summed E-state index contributed by atoms with van der Waals surface area (Å²) in [4.78, 5) is 49.5. The highest BCUT2D eigenvalue weighted by Gasteiger charge is 2.32. The number of hydrogen-bond acceptors (Lipinski definition) is 9. The van der Waals surface area contributed by atoms with Crippen molar-refractivity contribution in [1.82, 2.24) is 25.1 Å². The molecule has 13 heteroatoms. The van der Waals surface area contributed by atoms with Crippen molar-refractivity contribution >= 4 is 69.1 Å². The van der Waals surface area contributed by atoms with Gasteiger partial charge in [0, 0.05) is 62.1 Å². The number of imide groups is 1. The summed E-state index contributed by atoms with van der Waals surface area (Å²) < 4.78 is 1.81. The molecule has 5 heterocycles. The molecule has 0 saturated carbocycles. The van der Waals surface area contributed by atoms with E-state index < -0.39 is 5.92 Å². The molecule has 3 atom stereocenters. The summed E-state index contributed by atoms with van der Waals surface area (Å²) in [6.45, 7) is 3.84. The maximum atomic E-state index is 12.5. The Labute approximate surface area is 271 Å². The number of nitrogens with one attached hydrogen (secondary N) is 3. The topological polar surface area (TPSA) is 137 Å². The van der Waals surface area contributed by atoms with Crippen LogP contribution in [0.25, 0.3) is 10.9 Å². The average molecular weight is 642 g/mol. The van der Waals surface area contributed by atoms with Crippen LogP contribution in [0.4, 0.5) is 28.8 Å². The van der Waals surface area contributed by atoms with E-state index in [0.29, 0.717) is 47.7 Å². The summed E-state index contributed by atoms with van der Waals surface area (Å²) >= 11 is 6.51. The van der Waals surface area contributed by atoms with Gasteiger partial charge in [-0.3, -0.25) is 24.4 Å². The zero-order valence-electron chi connectivity index (χ0n) is 26.0. The highest BCUT2D eigenvalue weighted by atomic mass is 35.5. The van der Waals surface area contributed by atoms with Crippen LogP contribution >= 0.6 is 11.6 Å². The second kappa shape index (κ2) is 11.9. The molecular weight excluding hydrogens is 606 g/mol. The number of likely N-dealkylation sites (N-methyl/N-ethyl adjacent to an activating group) is 1. The molecule has 2 saturated heterocycles. The molecule has 3 unspecified atom stereocenters. The van der Waals surface area contributed by atoms with Gasteiger partial charge >= 0.3 is 0 Å². The second-order valence-electron chi connectivity index (χ2n) is 12.5. The molecule has 7 rings (SSSR count). The maximum absolute atomic E-state index is 12.5. The highest BCUT2D eigenvalue weighted by Crippen LogP contribution is 2.34. The number of halogens is 1. The second-order valence-corrected chi connectivity index (χ2v) is 12.9. The van der Waals surface area contributed by atoms with Crippen molar-refractivity contribution < 1.29 is 14.4 Å². The SMILES string of the molecule is CC1CCN(c2ncc(Cl)c(Nc3ccc4c(c3)CC(=O)N4C)n2)CCC1Nc1ccc2c(C3CCC(=O)NC3=O)nn(C)c2c1. The first kappa shape index (κ1) is 30.0. The molecule has 0 radical (unpaired) electrons. The Balaban J connectivity index is 1.04. The van der Waals surface area contributed by atoms with Crippen molar-refractivity contribution in [3.63, 3.8) is 0 Å². The monoisotopic (exact) mass is 641 g/mol. The quantitative estimate of drug-likeness (QED) is 0.260. The fraction of sp³-hybridized carbons (Fsp3) is 0.394. The summed E-state index contributed by atoms with van der Waals surface area (Å²) in [5, 5.41) is 15.5. The number of hydrogen-bond donors (Lipinski definition) is 3. The number of carbonyl (C=O) groups excluding carboxylic acids is 3. The Kier molecular flexibility index (Phi) is 7.75. The van der Waals surface area contributed by atoms with Gasteiger partial charge in [-0.15, -0.1) is 0 Å². The molecule has 2 fully saturated rings. The summed E-state index contributed by atoms with van der Waals surface area (Å²) in [7, 11) is 3.67. The number of carbonyl (C=O) groups is 3. The molecular formula is C33H36ClN9O3. The van der Waals surface area contributed by atoms with E-state index in [4.69, 9.17) is 16.6 Å². The molecule has 0 bridgehead atoms. The third-order valence-electron chi connectivity index (χ3n) is 9.49. The molecule has 3 amide bonds. The van der Waals surface area contributed by atoms with E-state index in [1.165, 1.54) is 0 Å². The van der Waals surface area contributed by atoms with Crippen LogP contribution in [0.3, 0.4) is 0 Å². The Bertz CT molecular complexity index is 1870. The first-order valence-electron chi connectivity index (χ1n) is 15.7. The predicted octanol–water partition coefficient (Wildman–Crippen LogP) is 4.52. The van der Waals surface area contributed by atoms with Crippen molar-refractivity contribution in [2.75, 3.05) is 40.6 Å². The van der Waals surface area contributed by atoms with E-state index >= 15 is 0 Å².